The molecule has 134 valence electrons. The van der Waals surface area contributed by atoms with Gasteiger partial charge in [0.05, 0.1) is 12.2 Å². The SMILES string of the molecule is CN1CCCC1c1nnc2ccc(O[C@H]3C[C@H](N)c4ccccc43)cn12. The number of fused-ring (bicyclic) bond motifs is 2. The van der Waals surface area contributed by atoms with Crippen LogP contribution >= 0.6 is 0 Å². The molecule has 6 heteroatoms. The first kappa shape index (κ1) is 15.8. The Bertz CT molecular complexity index is 952. The highest BCUT2D eigenvalue weighted by molar-refractivity contribution is 5.43. The standard InChI is InChI=1S/C20H23N5O/c1-24-10-4-7-17(24)20-23-22-19-9-8-13(12-25(19)20)26-18-11-16(21)14-5-2-3-6-15(14)18/h2-3,5-6,8-9,12,16-18H,4,7,10-11,21H2,1H3/t16-,17?,18-/m0/s1. The zero-order valence-corrected chi connectivity index (χ0v) is 14.9. The van der Waals surface area contributed by atoms with E-state index in [9.17, 15) is 0 Å². The van der Waals surface area contributed by atoms with E-state index in [2.05, 4.69) is 38.7 Å². The fourth-order valence-corrected chi connectivity index (χ4v) is 4.32. The predicted molar refractivity (Wildman–Crippen MR) is 98.9 cm³/mol. The van der Waals surface area contributed by atoms with Crippen molar-refractivity contribution in [3.05, 3.63) is 59.5 Å². The molecule has 0 radical (unpaired) electrons. The number of hydrogen-bond acceptors (Lipinski definition) is 5. The van der Waals surface area contributed by atoms with Crippen LogP contribution in [0, 0.1) is 0 Å². The molecule has 0 spiro atoms. The summed E-state index contributed by atoms with van der Waals surface area (Å²) in [6, 6.07) is 12.6. The minimum absolute atomic E-state index is 0.00673. The molecule has 5 rings (SSSR count). The third kappa shape index (κ3) is 2.48. The van der Waals surface area contributed by atoms with Crippen molar-refractivity contribution < 1.29 is 4.74 Å². The first-order valence-corrected chi connectivity index (χ1v) is 9.26. The number of pyridine rings is 1. The largest absolute Gasteiger partial charge is 0.484 e. The minimum atomic E-state index is -0.00673. The maximum Gasteiger partial charge on any atom is 0.161 e. The molecule has 3 aromatic rings. The third-order valence-corrected chi connectivity index (χ3v) is 5.71. The Morgan fingerprint density at radius 3 is 2.77 bits per heavy atom. The van der Waals surface area contributed by atoms with Crippen molar-refractivity contribution in [3.8, 4) is 5.75 Å². The van der Waals surface area contributed by atoms with E-state index < -0.39 is 0 Å². The van der Waals surface area contributed by atoms with E-state index in [1.165, 1.54) is 17.5 Å². The summed E-state index contributed by atoms with van der Waals surface area (Å²) in [5.74, 6) is 1.82. The van der Waals surface area contributed by atoms with E-state index in [0.29, 0.717) is 6.04 Å². The summed E-state index contributed by atoms with van der Waals surface area (Å²) in [7, 11) is 2.15. The molecule has 1 aliphatic carbocycles. The van der Waals surface area contributed by atoms with E-state index in [4.69, 9.17) is 10.5 Å². The van der Waals surface area contributed by atoms with Crippen molar-refractivity contribution >= 4 is 5.65 Å². The fourth-order valence-electron chi connectivity index (χ4n) is 4.32. The van der Waals surface area contributed by atoms with Gasteiger partial charge in [0.15, 0.2) is 11.5 Å². The van der Waals surface area contributed by atoms with E-state index in [-0.39, 0.29) is 12.1 Å². The molecule has 1 aromatic carbocycles. The molecule has 1 aliphatic heterocycles. The van der Waals surface area contributed by atoms with Gasteiger partial charge >= 0.3 is 0 Å². The quantitative estimate of drug-likeness (QED) is 0.787. The van der Waals surface area contributed by atoms with E-state index in [1.807, 2.05) is 30.5 Å². The van der Waals surface area contributed by atoms with Crippen molar-refractivity contribution in [2.45, 2.75) is 37.5 Å². The van der Waals surface area contributed by atoms with Crippen LogP contribution < -0.4 is 10.5 Å². The molecule has 0 bridgehead atoms. The summed E-state index contributed by atoms with van der Waals surface area (Å²) in [6.07, 6.45) is 5.13. The molecule has 2 N–H and O–H groups in total. The zero-order valence-electron chi connectivity index (χ0n) is 14.9. The summed E-state index contributed by atoms with van der Waals surface area (Å²) in [4.78, 5) is 2.34. The monoisotopic (exact) mass is 349 g/mol. The summed E-state index contributed by atoms with van der Waals surface area (Å²) in [6.45, 7) is 1.10. The second-order valence-corrected chi connectivity index (χ2v) is 7.37. The number of nitrogens with zero attached hydrogens (tertiary/aromatic N) is 4. The molecule has 2 aromatic heterocycles. The van der Waals surface area contributed by atoms with Gasteiger partial charge in [0.25, 0.3) is 0 Å². The molecule has 6 nitrogen and oxygen atoms in total. The Morgan fingerprint density at radius 1 is 1.12 bits per heavy atom. The van der Waals surface area contributed by atoms with Crippen LogP contribution in [0.25, 0.3) is 5.65 Å². The fraction of sp³-hybridized carbons (Fsp3) is 0.400. The van der Waals surface area contributed by atoms with Gasteiger partial charge in [0, 0.05) is 12.5 Å². The summed E-state index contributed by atoms with van der Waals surface area (Å²) >= 11 is 0. The first-order valence-electron chi connectivity index (χ1n) is 9.26. The zero-order chi connectivity index (χ0) is 17.7. The van der Waals surface area contributed by atoms with Crippen LogP contribution in [0.5, 0.6) is 5.75 Å². The van der Waals surface area contributed by atoms with Crippen LogP contribution in [0.15, 0.2) is 42.6 Å². The summed E-state index contributed by atoms with van der Waals surface area (Å²) in [5, 5.41) is 8.77. The molecule has 3 atom stereocenters. The van der Waals surface area contributed by atoms with Crippen molar-refractivity contribution in [1.82, 2.24) is 19.5 Å². The Kier molecular flexibility index (Phi) is 3.69. The lowest BCUT2D eigenvalue weighted by molar-refractivity contribution is 0.199. The van der Waals surface area contributed by atoms with Crippen molar-refractivity contribution in [2.75, 3.05) is 13.6 Å². The molecular formula is C20H23N5O. The highest BCUT2D eigenvalue weighted by Gasteiger charge is 2.30. The highest BCUT2D eigenvalue weighted by atomic mass is 16.5. The average Bonchev–Trinajstić information content (AvgIpc) is 3.33. The van der Waals surface area contributed by atoms with Crippen LogP contribution in [0.2, 0.25) is 0 Å². The number of benzene rings is 1. The topological polar surface area (TPSA) is 68.7 Å². The number of rotatable bonds is 3. The lowest BCUT2D eigenvalue weighted by Gasteiger charge is -2.18. The van der Waals surface area contributed by atoms with Crippen LogP contribution in [0.3, 0.4) is 0 Å². The average molecular weight is 349 g/mol. The number of likely N-dealkylation sites (tertiary alicyclic amines) is 1. The van der Waals surface area contributed by atoms with E-state index in [0.717, 1.165) is 36.6 Å². The highest BCUT2D eigenvalue weighted by Crippen LogP contribution is 2.40. The maximum absolute atomic E-state index is 6.32. The lowest BCUT2D eigenvalue weighted by Crippen LogP contribution is -2.19. The molecular weight excluding hydrogens is 326 g/mol. The van der Waals surface area contributed by atoms with Crippen LogP contribution in [-0.2, 0) is 0 Å². The van der Waals surface area contributed by atoms with Gasteiger partial charge in [-0.3, -0.25) is 9.30 Å². The van der Waals surface area contributed by atoms with Gasteiger partial charge in [-0.05, 0) is 49.7 Å². The Morgan fingerprint density at radius 2 is 1.96 bits per heavy atom. The Hall–Kier alpha value is -2.44. The molecule has 1 unspecified atom stereocenters. The third-order valence-electron chi connectivity index (χ3n) is 5.71. The minimum Gasteiger partial charge on any atom is -0.484 e. The molecule has 1 fully saturated rings. The maximum atomic E-state index is 6.32. The molecule has 0 amide bonds. The number of hydrogen-bond donors (Lipinski definition) is 1. The molecule has 2 aliphatic rings. The van der Waals surface area contributed by atoms with Crippen molar-refractivity contribution in [2.24, 2.45) is 5.73 Å². The van der Waals surface area contributed by atoms with Gasteiger partial charge in [-0.2, -0.15) is 0 Å². The second kappa shape index (κ2) is 6.07. The smallest absolute Gasteiger partial charge is 0.161 e. The van der Waals surface area contributed by atoms with E-state index >= 15 is 0 Å². The van der Waals surface area contributed by atoms with Gasteiger partial charge in [-0.25, -0.2) is 0 Å². The van der Waals surface area contributed by atoms with Gasteiger partial charge in [-0.1, -0.05) is 24.3 Å². The molecule has 1 saturated heterocycles. The summed E-state index contributed by atoms with van der Waals surface area (Å²) in [5.41, 5.74) is 9.52. The van der Waals surface area contributed by atoms with E-state index in [1.54, 1.807) is 0 Å². The molecule has 0 saturated carbocycles. The predicted octanol–water partition coefficient (Wildman–Crippen LogP) is 3.02. The summed E-state index contributed by atoms with van der Waals surface area (Å²) < 4.78 is 8.40. The number of ether oxygens (including phenoxy) is 1. The van der Waals surface area contributed by atoms with Crippen LogP contribution in [-0.4, -0.2) is 33.1 Å². The Balaban J connectivity index is 1.47. The van der Waals surface area contributed by atoms with Gasteiger partial charge in [0.1, 0.15) is 11.9 Å². The van der Waals surface area contributed by atoms with Crippen LogP contribution in [0.4, 0.5) is 0 Å². The molecule has 26 heavy (non-hydrogen) atoms. The first-order chi connectivity index (χ1) is 12.7. The van der Waals surface area contributed by atoms with Gasteiger partial charge < -0.3 is 10.5 Å². The van der Waals surface area contributed by atoms with Gasteiger partial charge in [0.2, 0.25) is 0 Å². The van der Waals surface area contributed by atoms with Crippen LogP contribution in [0.1, 0.15) is 54.4 Å². The van der Waals surface area contributed by atoms with Crippen molar-refractivity contribution in [3.63, 3.8) is 0 Å². The molecule has 3 heterocycles. The van der Waals surface area contributed by atoms with Crippen molar-refractivity contribution in [1.29, 1.82) is 0 Å². The second-order valence-electron chi connectivity index (χ2n) is 7.37. The van der Waals surface area contributed by atoms with Gasteiger partial charge in [-0.15, -0.1) is 10.2 Å². The normalized spacial score (nSPS) is 25.7. The Labute approximate surface area is 152 Å². The lowest BCUT2D eigenvalue weighted by atomic mass is 10.1. The number of nitrogens with two attached hydrogens (primary N) is 1. The number of aromatic nitrogens is 3.